The lowest BCUT2D eigenvalue weighted by atomic mass is 9.97. The van der Waals surface area contributed by atoms with Crippen LogP contribution in [-0.2, 0) is 27.9 Å². The molecule has 0 aliphatic carbocycles. The van der Waals surface area contributed by atoms with E-state index in [1.165, 1.54) is 0 Å². The summed E-state index contributed by atoms with van der Waals surface area (Å²) in [7, 11) is 3.30. The second kappa shape index (κ2) is 7.23. The van der Waals surface area contributed by atoms with Crippen molar-refractivity contribution in [1.29, 1.82) is 0 Å². The Morgan fingerprint density at radius 1 is 1.24 bits per heavy atom. The summed E-state index contributed by atoms with van der Waals surface area (Å²) in [5.74, 6) is 0.671. The van der Waals surface area contributed by atoms with Gasteiger partial charge >= 0.3 is 0 Å². The van der Waals surface area contributed by atoms with Gasteiger partial charge in [0.25, 0.3) is 0 Å². The first kappa shape index (κ1) is 19.0. The van der Waals surface area contributed by atoms with Crippen molar-refractivity contribution in [2.75, 3.05) is 29.2 Å². The molecule has 1 saturated heterocycles. The molecule has 2 N–H and O–H groups in total. The topological polar surface area (TPSA) is 106 Å². The Hall–Kier alpha value is -3.36. The molecule has 3 heterocycles. The lowest BCUT2D eigenvalue weighted by molar-refractivity contribution is -0.122. The summed E-state index contributed by atoms with van der Waals surface area (Å²) >= 11 is 0. The quantitative estimate of drug-likeness (QED) is 0.814. The van der Waals surface area contributed by atoms with Gasteiger partial charge in [0.1, 0.15) is 11.6 Å². The molecule has 29 heavy (non-hydrogen) atoms. The van der Waals surface area contributed by atoms with Crippen molar-refractivity contribution in [3.63, 3.8) is 0 Å². The Morgan fingerprint density at radius 2 is 1.97 bits per heavy atom. The fourth-order valence-corrected chi connectivity index (χ4v) is 3.77. The molecule has 2 atom stereocenters. The van der Waals surface area contributed by atoms with Crippen LogP contribution in [0.1, 0.15) is 18.9 Å². The lowest BCUT2D eigenvalue weighted by Crippen LogP contribution is -2.30. The summed E-state index contributed by atoms with van der Waals surface area (Å²) in [4.78, 5) is 38.8. The largest absolute Gasteiger partial charge is 0.497 e. The highest BCUT2D eigenvalue weighted by Crippen LogP contribution is 2.32. The van der Waals surface area contributed by atoms with E-state index in [2.05, 4.69) is 15.7 Å². The highest BCUT2D eigenvalue weighted by molar-refractivity contribution is 6.04. The van der Waals surface area contributed by atoms with Gasteiger partial charge in [-0.05, 0) is 30.7 Å². The highest BCUT2D eigenvalue weighted by Gasteiger charge is 2.36. The minimum atomic E-state index is -0.474. The molecule has 2 aliphatic heterocycles. The molecular formula is C20H23N5O4. The highest BCUT2D eigenvalue weighted by atomic mass is 16.5. The Kier molecular flexibility index (Phi) is 4.73. The smallest absolute Gasteiger partial charge is 0.231 e. The number of carbonyl (C=O) groups is 3. The number of anilines is 3. The average molecular weight is 397 g/mol. The van der Waals surface area contributed by atoms with Gasteiger partial charge in [0.05, 0.1) is 13.0 Å². The van der Waals surface area contributed by atoms with Crippen molar-refractivity contribution in [1.82, 2.24) is 9.78 Å². The number of rotatable bonds is 4. The molecule has 0 saturated carbocycles. The first-order valence-electron chi connectivity index (χ1n) is 9.49. The minimum Gasteiger partial charge on any atom is -0.497 e. The van der Waals surface area contributed by atoms with E-state index in [1.807, 2.05) is 6.92 Å². The first-order chi connectivity index (χ1) is 13.9. The maximum absolute atomic E-state index is 12.8. The van der Waals surface area contributed by atoms with Gasteiger partial charge < -0.3 is 20.3 Å². The van der Waals surface area contributed by atoms with Crippen LogP contribution in [0.2, 0.25) is 0 Å². The number of aryl methyl sites for hydroxylation is 1. The molecule has 9 nitrogen and oxygen atoms in total. The van der Waals surface area contributed by atoms with Crippen molar-refractivity contribution in [2.45, 2.75) is 19.8 Å². The van der Waals surface area contributed by atoms with Gasteiger partial charge in [-0.1, -0.05) is 6.92 Å². The summed E-state index contributed by atoms with van der Waals surface area (Å²) in [6.07, 6.45) is 0.645. The molecule has 0 radical (unpaired) electrons. The number of hydrogen-bond donors (Lipinski definition) is 2. The van der Waals surface area contributed by atoms with Gasteiger partial charge in [-0.25, -0.2) is 0 Å². The number of ether oxygens (including phenoxy) is 1. The van der Waals surface area contributed by atoms with Gasteiger partial charge in [-0.3, -0.25) is 19.1 Å². The van der Waals surface area contributed by atoms with E-state index in [0.29, 0.717) is 30.4 Å². The number of carbonyl (C=O) groups excluding carboxylic acids is 3. The van der Waals surface area contributed by atoms with Crippen LogP contribution in [0.4, 0.5) is 17.3 Å². The Labute approximate surface area is 168 Å². The number of hydrogen-bond acceptors (Lipinski definition) is 5. The van der Waals surface area contributed by atoms with Crippen LogP contribution < -0.4 is 20.3 Å². The number of methoxy groups -OCH3 is 1. The number of aromatic nitrogens is 2. The fourth-order valence-electron chi connectivity index (χ4n) is 3.77. The van der Waals surface area contributed by atoms with Gasteiger partial charge in [0, 0.05) is 37.2 Å². The number of nitrogens with zero attached hydrogens (tertiary/aromatic N) is 3. The molecule has 4 rings (SSSR count). The zero-order valence-corrected chi connectivity index (χ0v) is 16.6. The molecular weight excluding hydrogens is 374 g/mol. The SMILES string of the molecule is COc1ccc(N2C[C@H](C(=O)Nc3nn(C)c4c3C[C@H](C)C(=O)N4)CC2=O)cc1. The minimum absolute atomic E-state index is 0.0603. The Bertz CT molecular complexity index is 982. The summed E-state index contributed by atoms with van der Waals surface area (Å²) < 4.78 is 6.70. The standard InChI is InChI=1S/C20H23N5O4/c1-11-8-15-17(23-24(2)18(15)22-19(11)27)21-20(28)12-9-16(26)25(10-12)13-4-6-14(29-3)7-5-13/h4-7,11-12H,8-10H2,1-3H3,(H,22,27)(H,21,23,28)/t11-,12+/m0/s1. The normalized spacial score (nSPS) is 21.0. The summed E-state index contributed by atoms with van der Waals surface area (Å²) in [5.41, 5.74) is 1.54. The van der Waals surface area contributed by atoms with E-state index in [4.69, 9.17) is 4.74 Å². The van der Waals surface area contributed by atoms with E-state index in [9.17, 15) is 14.4 Å². The van der Waals surface area contributed by atoms with Gasteiger partial charge in [0.15, 0.2) is 5.82 Å². The van der Waals surface area contributed by atoms with Crippen LogP contribution in [0.3, 0.4) is 0 Å². The molecule has 9 heteroatoms. The van der Waals surface area contributed by atoms with E-state index in [0.717, 1.165) is 11.3 Å². The molecule has 1 aromatic carbocycles. The number of fused-ring (bicyclic) bond motifs is 1. The zero-order chi connectivity index (χ0) is 20.7. The lowest BCUT2D eigenvalue weighted by Gasteiger charge is -2.20. The number of amides is 3. The van der Waals surface area contributed by atoms with Crippen molar-refractivity contribution in [3.05, 3.63) is 29.8 Å². The molecule has 1 aromatic heterocycles. The van der Waals surface area contributed by atoms with Gasteiger partial charge in [0.2, 0.25) is 17.7 Å². The molecule has 2 aromatic rings. The second-order valence-corrected chi connectivity index (χ2v) is 7.49. The van der Waals surface area contributed by atoms with E-state index in [-0.39, 0.29) is 30.1 Å². The van der Waals surface area contributed by atoms with Crippen LogP contribution in [0.15, 0.2) is 24.3 Å². The van der Waals surface area contributed by atoms with Gasteiger partial charge in [-0.2, -0.15) is 5.10 Å². The predicted molar refractivity (Wildman–Crippen MR) is 107 cm³/mol. The van der Waals surface area contributed by atoms with Crippen LogP contribution in [-0.4, -0.2) is 41.2 Å². The molecule has 3 amide bonds. The second-order valence-electron chi connectivity index (χ2n) is 7.49. The third-order valence-electron chi connectivity index (χ3n) is 5.47. The third kappa shape index (κ3) is 3.43. The third-order valence-corrected chi connectivity index (χ3v) is 5.47. The maximum Gasteiger partial charge on any atom is 0.231 e. The number of nitrogens with one attached hydrogen (secondary N) is 2. The van der Waals surface area contributed by atoms with Crippen LogP contribution in [0.25, 0.3) is 0 Å². The monoisotopic (exact) mass is 397 g/mol. The van der Waals surface area contributed by atoms with E-state index < -0.39 is 5.92 Å². The predicted octanol–water partition coefficient (Wildman–Crippen LogP) is 1.55. The molecule has 1 fully saturated rings. The molecule has 2 aliphatic rings. The number of benzene rings is 1. The van der Waals surface area contributed by atoms with Crippen molar-refractivity contribution < 1.29 is 19.1 Å². The Balaban J connectivity index is 1.48. The molecule has 0 bridgehead atoms. The summed E-state index contributed by atoms with van der Waals surface area (Å²) in [6.45, 7) is 2.14. The van der Waals surface area contributed by atoms with E-state index in [1.54, 1.807) is 48.0 Å². The summed E-state index contributed by atoms with van der Waals surface area (Å²) in [6, 6.07) is 7.17. The molecule has 0 spiro atoms. The van der Waals surface area contributed by atoms with Crippen molar-refractivity contribution in [3.8, 4) is 5.75 Å². The Morgan fingerprint density at radius 3 is 2.66 bits per heavy atom. The fraction of sp³-hybridized carbons (Fsp3) is 0.400. The average Bonchev–Trinajstić information content (AvgIpc) is 3.23. The van der Waals surface area contributed by atoms with Crippen LogP contribution >= 0.6 is 0 Å². The first-order valence-corrected chi connectivity index (χ1v) is 9.49. The summed E-state index contributed by atoms with van der Waals surface area (Å²) in [5, 5.41) is 10.0. The van der Waals surface area contributed by atoms with Crippen LogP contribution in [0, 0.1) is 11.8 Å². The zero-order valence-electron chi connectivity index (χ0n) is 16.6. The van der Waals surface area contributed by atoms with Crippen molar-refractivity contribution >= 4 is 35.0 Å². The van der Waals surface area contributed by atoms with E-state index >= 15 is 0 Å². The van der Waals surface area contributed by atoms with Gasteiger partial charge in [-0.15, -0.1) is 0 Å². The maximum atomic E-state index is 12.8. The molecule has 0 unspecified atom stereocenters. The molecule has 152 valence electrons. The van der Waals surface area contributed by atoms with Crippen LogP contribution in [0.5, 0.6) is 5.75 Å². The van der Waals surface area contributed by atoms with Crippen molar-refractivity contribution in [2.24, 2.45) is 18.9 Å².